The average Bonchev–Trinajstić information content (AvgIpc) is 3.46. The molecular weight excluding hydrogens is 388 g/mol. The molecule has 1 amide bonds. The van der Waals surface area contributed by atoms with E-state index in [4.69, 9.17) is 16.3 Å². The van der Waals surface area contributed by atoms with Gasteiger partial charge in [-0.1, -0.05) is 36.7 Å². The van der Waals surface area contributed by atoms with Gasteiger partial charge in [-0.05, 0) is 55.4 Å². The van der Waals surface area contributed by atoms with Gasteiger partial charge < -0.3 is 15.0 Å². The van der Waals surface area contributed by atoms with Crippen molar-refractivity contribution in [3.63, 3.8) is 0 Å². The van der Waals surface area contributed by atoms with Gasteiger partial charge in [0.05, 0.1) is 11.6 Å². The predicted molar refractivity (Wildman–Crippen MR) is 115 cm³/mol. The molecule has 0 bridgehead atoms. The van der Waals surface area contributed by atoms with Crippen molar-refractivity contribution in [1.82, 2.24) is 10.3 Å². The minimum atomic E-state index is -0.0705. The molecule has 0 spiro atoms. The first-order chi connectivity index (χ1) is 14.0. The number of carbonyl (C=O) groups excluding carboxylic acids is 1. The molecule has 2 heterocycles. The highest BCUT2D eigenvalue weighted by atomic mass is 35.5. The zero-order chi connectivity index (χ0) is 20.4. The third-order valence-corrected chi connectivity index (χ3v) is 5.64. The lowest BCUT2D eigenvalue weighted by Gasteiger charge is -2.14. The van der Waals surface area contributed by atoms with Crippen LogP contribution in [-0.4, -0.2) is 23.5 Å². The molecule has 1 saturated carbocycles. The number of amides is 1. The Bertz CT molecular complexity index is 1010. The maximum Gasteiger partial charge on any atom is 0.251 e. The fourth-order valence-electron chi connectivity index (χ4n) is 3.66. The first kappa shape index (κ1) is 19.8. The van der Waals surface area contributed by atoms with Gasteiger partial charge in [-0.2, -0.15) is 0 Å². The van der Waals surface area contributed by atoms with Crippen LogP contribution >= 0.6 is 11.6 Å². The summed E-state index contributed by atoms with van der Waals surface area (Å²) in [6.45, 7) is 2.65. The van der Waals surface area contributed by atoms with Crippen LogP contribution in [-0.2, 0) is 4.79 Å². The van der Waals surface area contributed by atoms with Crippen LogP contribution in [0.25, 0.3) is 5.57 Å². The van der Waals surface area contributed by atoms with E-state index in [2.05, 4.69) is 10.3 Å². The van der Waals surface area contributed by atoms with Crippen LogP contribution in [0.1, 0.15) is 61.8 Å². The quantitative estimate of drug-likeness (QED) is 0.707. The van der Waals surface area contributed by atoms with Gasteiger partial charge in [-0.25, -0.2) is 0 Å². The molecule has 0 radical (unpaired) electrons. The lowest BCUT2D eigenvalue weighted by Crippen LogP contribution is -2.23. The van der Waals surface area contributed by atoms with Crippen LogP contribution in [0.5, 0.6) is 5.75 Å². The zero-order valence-electron chi connectivity index (χ0n) is 16.5. The highest BCUT2D eigenvalue weighted by Crippen LogP contribution is 2.38. The van der Waals surface area contributed by atoms with E-state index in [-0.39, 0.29) is 17.5 Å². The van der Waals surface area contributed by atoms with Crippen LogP contribution in [0.3, 0.4) is 0 Å². The molecule has 0 unspecified atom stereocenters. The van der Waals surface area contributed by atoms with Gasteiger partial charge in [0.15, 0.2) is 0 Å². The average molecular weight is 413 g/mol. The molecule has 5 nitrogen and oxygen atoms in total. The van der Waals surface area contributed by atoms with E-state index in [1.54, 1.807) is 0 Å². The second-order valence-corrected chi connectivity index (χ2v) is 8.12. The van der Waals surface area contributed by atoms with Gasteiger partial charge in [0.1, 0.15) is 5.75 Å². The molecule has 1 saturated heterocycles. The van der Waals surface area contributed by atoms with Gasteiger partial charge in [0.2, 0.25) is 5.91 Å². The molecule has 6 heteroatoms. The molecule has 2 fully saturated rings. The molecule has 2 N–H and O–H groups in total. The Balaban J connectivity index is 1.72. The molecule has 2 aromatic rings. The third kappa shape index (κ3) is 4.56. The van der Waals surface area contributed by atoms with Gasteiger partial charge >= 0.3 is 0 Å². The SMILES string of the molecule is CCCOc1ccc(C(=C[C@H]2CCC(=O)N2)c2ccc(C3CC3)c(=O)[nH]2)cc1Cl. The Morgan fingerprint density at radius 2 is 2.03 bits per heavy atom. The van der Waals surface area contributed by atoms with Crippen LogP contribution in [0, 0.1) is 0 Å². The Kier molecular flexibility index (Phi) is 5.76. The standard InChI is InChI=1S/C23H25ClN2O3/c1-2-11-29-21-9-5-15(12-19(21)24)18(13-16-6-10-22(27)25-16)20-8-7-17(14-3-4-14)23(28)26-20/h5,7-9,12-14,16H,2-4,6,10-11H2,1H3,(H,25,27)(H,26,28)/t16-/m1/s1. The Hall–Kier alpha value is -2.53. The first-order valence-corrected chi connectivity index (χ1v) is 10.6. The second kappa shape index (κ2) is 8.46. The number of halogens is 1. The van der Waals surface area contributed by atoms with Crippen molar-refractivity contribution in [3.05, 3.63) is 68.6 Å². The molecule has 1 aromatic carbocycles. The molecule has 29 heavy (non-hydrogen) atoms. The summed E-state index contributed by atoms with van der Waals surface area (Å²) in [4.78, 5) is 27.3. The largest absolute Gasteiger partial charge is 0.492 e. The Morgan fingerprint density at radius 1 is 1.21 bits per heavy atom. The number of rotatable bonds is 7. The summed E-state index contributed by atoms with van der Waals surface area (Å²) in [6.07, 6.45) is 6.31. The summed E-state index contributed by atoms with van der Waals surface area (Å²) in [6, 6.07) is 9.44. The number of pyridine rings is 1. The summed E-state index contributed by atoms with van der Waals surface area (Å²) in [7, 11) is 0. The van der Waals surface area contributed by atoms with Crippen molar-refractivity contribution in [1.29, 1.82) is 0 Å². The number of hydrogen-bond acceptors (Lipinski definition) is 3. The fraction of sp³-hybridized carbons (Fsp3) is 0.391. The summed E-state index contributed by atoms with van der Waals surface area (Å²) < 4.78 is 5.68. The molecule has 1 aliphatic carbocycles. The van der Waals surface area contributed by atoms with E-state index in [0.29, 0.717) is 29.7 Å². The summed E-state index contributed by atoms with van der Waals surface area (Å²) in [5.74, 6) is 1.08. The summed E-state index contributed by atoms with van der Waals surface area (Å²) in [5.41, 5.74) is 3.25. The second-order valence-electron chi connectivity index (χ2n) is 7.72. The minimum Gasteiger partial charge on any atom is -0.492 e. The fourth-order valence-corrected chi connectivity index (χ4v) is 3.90. The van der Waals surface area contributed by atoms with E-state index in [9.17, 15) is 9.59 Å². The normalized spacial score (nSPS) is 19.3. The molecule has 1 atom stereocenters. The van der Waals surface area contributed by atoms with Crippen molar-refractivity contribution in [2.45, 2.75) is 51.0 Å². The van der Waals surface area contributed by atoms with E-state index in [0.717, 1.165) is 48.1 Å². The zero-order valence-corrected chi connectivity index (χ0v) is 17.2. The molecule has 4 rings (SSSR count). The highest BCUT2D eigenvalue weighted by Gasteiger charge is 2.26. The van der Waals surface area contributed by atoms with E-state index >= 15 is 0 Å². The van der Waals surface area contributed by atoms with Gasteiger partial charge in [-0.3, -0.25) is 9.59 Å². The molecular formula is C23H25ClN2O3. The Morgan fingerprint density at radius 3 is 2.66 bits per heavy atom. The van der Waals surface area contributed by atoms with Crippen molar-refractivity contribution < 1.29 is 9.53 Å². The van der Waals surface area contributed by atoms with E-state index in [1.807, 2.05) is 43.3 Å². The van der Waals surface area contributed by atoms with Crippen LogP contribution < -0.4 is 15.6 Å². The highest BCUT2D eigenvalue weighted by molar-refractivity contribution is 6.32. The van der Waals surface area contributed by atoms with Crippen LogP contribution in [0.15, 0.2) is 41.2 Å². The number of nitrogens with one attached hydrogen (secondary N) is 2. The lowest BCUT2D eigenvalue weighted by molar-refractivity contribution is -0.119. The number of H-pyrrole nitrogens is 1. The van der Waals surface area contributed by atoms with E-state index < -0.39 is 0 Å². The summed E-state index contributed by atoms with van der Waals surface area (Å²) >= 11 is 6.45. The number of benzene rings is 1. The number of aromatic nitrogens is 1. The van der Waals surface area contributed by atoms with Crippen molar-refractivity contribution in [2.24, 2.45) is 0 Å². The topological polar surface area (TPSA) is 71.2 Å². The van der Waals surface area contributed by atoms with Crippen LogP contribution in [0.4, 0.5) is 0 Å². The van der Waals surface area contributed by atoms with Gasteiger partial charge in [-0.15, -0.1) is 0 Å². The molecule has 1 aliphatic heterocycles. The molecule has 2 aliphatic rings. The lowest BCUT2D eigenvalue weighted by atomic mass is 9.98. The summed E-state index contributed by atoms with van der Waals surface area (Å²) in [5, 5.41) is 3.49. The van der Waals surface area contributed by atoms with Crippen molar-refractivity contribution >= 4 is 23.1 Å². The van der Waals surface area contributed by atoms with Gasteiger partial charge in [0, 0.05) is 29.3 Å². The van der Waals surface area contributed by atoms with E-state index in [1.165, 1.54) is 0 Å². The number of aromatic amines is 1. The van der Waals surface area contributed by atoms with Gasteiger partial charge in [0.25, 0.3) is 5.56 Å². The monoisotopic (exact) mass is 412 g/mol. The smallest absolute Gasteiger partial charge is 0.251 e. The number of hydrogen-bond donors (Lipinski definition) is 2. The van der Waals surface area contributed by atoms with Crippen LogP contribution in [0.2, 0.25) is 5.02 Å². The number of carbonyl (C=O) groups is 1. The van der Waals surface area contributed by atoms with Crippen molar-refractivity contribution in [2.75, 3.05) is 6.61 Å². The first-order valence-electron chi connectivity index (χ1n) is 10.2. The Labute approximate surface area is 175 Å². The number of ether oxygens (including phenoxy) is 1. The molecule has 152 valence electrons. The van der Waals surface area contributed by atoms with Crippen molar-refractivity contribution in [3.8, 4) is 5.75 Å². The predicted octanol–water partition coefficient (Wildman–Crippen LogP) is 4.40. The maximum absolute atomic E-state index is 12.6. The minimum absolute atomic E-state index is 0.0413. The maximum atomic E-state index is 12.6. The molecule has 1 aromatic heterocycles. The third-order valence-electron chi connectivity index (χ3n) is 5.35.